The number of carbonyl (C=O) groups is 5. The van der Waals surface area contributed by atoms with E-state index in [9.17, 15) is 24.0 Å². The molecule has 1 aromatic heterocycles. The Balaban J connectivity index is 0.00000221. The van der Waals surface area contributed by atoms with Gasteiger partial charge in [0.2, 0.25) is 11.7 Å². The van der Waals surface area contributed by atoms with Gasteiger partial charge in [-0.2, -0.15) is 0 Å². The minimum atomic E-state index is -0.904. The normalized spacial score (nSPS) is 18.4. The molecule has 2 saturated heterocycles. The van der Waals surface area contributed by atoms with Gasteiger partial charge in [-0.05, 0) is 75.3 Å². The second-order valence-electron chi connectivity index (χ2n) is 14.4. The summed E-state index contributed by atoms with van der Waals surface area (Å²) in [5.74, 6) is -0.884. The molecule has 0 radical (unpaired) electrons. The molecule has 17 heteroatoms. The number of hydrogen-bond donors (Lipinski definition) is 2. The zero-order valence-electron chi connectivity index (χ0n) is 35.0. The number of carbonyl (C=O) groups excluding carboxylic acids is 5. The van der Waals surface area contributed by atoms with Gasteiger partial charge < -0.3 is 48.5 Å². The van der Waals surface area contributed by atoms with Crippen LogP contribution in [0.15, 0.2) is 55.3 Å². The molecule has 0 bridgehead atoms. The topological polar surface area (TPSA) is 189 Å². The number of benzene rings is 2. The van der Waals surface area contributed by atoms with E-state index in [1.807, 2.05) is 0 Å². The van der Waals surface area contributed by atoms with E-state index < -0.39 is 36.5 Å². The van der Waals surface area contributed by atoms with Crippen LogP contribution in [0.25, 0.3) is 0 Å². The van der Waals surface area contributed by atoms with E-state index in [4.69, 9.17) is 28.4 Å². The van der Waals surface area contributed by atoms with Crippen molar-refractivity contribution in [2.24, 2.45) is 7.05 Å². The van der Waals surface area contributed by atoms with Gasteiger partial charge in [-0.15, -0.1) is 0 Å². The molecule has 3 aliphatic heterocycles. The zero-order valence-corrected chi connectivity index (χ0v) is 35.0. The van der Waals surface area contributed by atoms with Crippen molar-refractivity contribution in [1.29, 1.82) is 0 Å². The second-order valence-corrected chi connectivity index (χ2v) is 14.4. The number of fused-ring (bicyclic) bond motifs is 2. The number of amides is 4. The number of methoxy groups -OCH3 is 2. The summed E-state index contributed by atoms with van der Waals surface area (Å²) >= 11 is 0. The highest BCUT2D eigenvalue weighted by atomic mass is 16.7. The third-order valence-electron chi connectivity index (χ3n) is 9.83. The number of esters is 1. The predicted octanol–water partition coefficient (Wildman–Crippen LogP) is 6.69. The molecule has 3 unspecified atom stereocenters. The van der Waals surface area contributed by atoms with E-state index in [1.165, 1.54) is 54.5 Å². The molecule has 2 aromatic carbocycles. The number of ether oxygens (including phenoxy) is 6. The molecule has 2 N–H and O–H groups in total. The van der Waals surface area contributed by atoms with Crippen LogP contribution in [0.4, 0.5) is 22.0 Å². The second kappa shape index (κ2) is 21.9. The number of aryl methyl sites for hydroxylation is 1. The van der Waals surface area contributed by atoms with E-state index in [2.05, 4.69) is 36.0 Å². The van der Waals surface area contributed by atoms with E-state index in [0.717, 1.165) is 25.7 Å². The van der Waals surface area contributed by atoms with Crippen molar-refractivity contribution in [3.8, 4) is 11.5 Å². The lowest BCUT2D eigenvalue weighted by atomic mass is 10.00. The zero-order chi connectivity index (χ0) is 43.2. The largest absolute Gasteiger partial charge is 0.493 e. The van der Waals surface area contributed by atoms with Gasteiger partial charge in [0.05, 0.1) is 43.7 Å². The van der Waals surface area contributed by atoms with Gasteiger partial charge >= 0.3 is 12.1 Å². The van der Waals surface area contributed by atoms with E-state index in [1.54, 1.807) is 36.2 Å². The highest BCUT2D eigenvalue weighted by Crippen LogP contribution is 2.42. The van der Waals surface area contributed by atoms with Crippen molar-refractivity contribution < 1.29 is 52.4 Å². The van der Waals surface area contributed by atoms with Crippen LogP contribution in [-0.4, -0.2) is 103 Å². The minimum Gasteiger partial charge on any atom is -0.493 e. The molecule has 3 aromatic rings. The molecule has 6 rings (SSSR count). The number of nitrogens with one attached hydrogen (secondary N) is 2. The number of anilines is 3. The highest BCUT2D eigenvalue weighted by Gasteiger charge is 2.47. The van der Waals surface area contributed by atoms with E-state index >= 15 is 0 Å². The van der Waals surface area contributed by atoms with Crippen LogP contribution in [0.3, 0.4) is 0 Å². The van der Waals surface area contributed by atoms with Crippen LogP contribution in [0.2, 0.25) is 0 Å². The molecule has 0 saturated carbocycles. The Morgan fingerprint density at radius 1 is 1.00 bits per heavy atom. The lowest BCUT2D eigenvalue weighted by molar-refractivity contribution is -0.198. The maximum absolute atomic E-state index is 14.2. The maximum atomic E-state index is 14.2. The Kier molecular flexibility index (Phi) is 16.5. The van der Waals surface area contributed by atoms with Gasteiger partial charge in [0.1, 0.15) is 6.61 Å². The summed E-state index contributed by atoms with van der Waals surface area (Å²) in [6.07, 6.45) is 7.12. The summed E-state index contributed by atoms with van der Waals surface area (Å²) in [4.78, 5) is 73.0. The van der Waals surface area contributed by atoms with Gasteiger partial charge in [0, 0.05) is 44.6 Å². The van der Waals surface area contributed by atoms with Gasteiger partial charge in [0.25, 0.3) is 11.8 Å². The Bertz CT molecular complexity index is 1980. The first-order valence-electron chi connectivity index (χ1n) is 20.4. The molecule has 2 fully saturated rings. The van der Waals surface area contributed by atoms with Gasteiger partial charge in [-0.25, -0.2) is 19.5 Å². The van der Waals surface area contributed by atoms with Crippen LogP contribution in [0.1, 0.15) is 103 Å². The van der Waals surface area contributed by atoms with Crippen molar-refractivity contribution in [3.05, 3.63) is 72.2 Å². The van der Waals surface area contributed by atoms with Crippen LogP contribution < -0.4 is 25.0 Å². The maximum Gasteiger partial charge on any atom is 0.416 e. The number of aromatic nitrogens is 2. The van der Waals surface area contributed by atoms with Crippen LogP contribution >= 0.6 is 0 Å². The van der Waals surface area contributed by atoms with Crippen LogP contribution in [0.5, 0.6) is 11.5 Å². The van der Waals surface area contributed by atoms with Crippen molar-refractivity contribution in [2.75, 3.05) is 56.1 Å². The Labute approximate surface area is 350 Å². The fourth-order valence-corrected chi connectivity index (χ4v) is 7.04. The molecular formula is C43H56N6O11. The average Bonchev–Trinajstić information content (AvgIpc) is 3.59. The third-order valence-corrected chi connectivity index (χ3v) is 9.83. The first kappa shape index (κ1) is 45.1. The molecule has 4 amide bonds. The fourth-order valence-electron chi connectivity index (χ4n) is 7.04. The fraction of sp³-hybridized carbons (Fsp3) is 0.488. The Hall–Kier alpha value is -5.94. The number of imidazole rings is 1. The minimum absolute atomic E-state index is 0.0460. The summed E-state index contributed by atoms with van der Waals surface area (Å²) in [6.45, 7) is 8.97. The smallest absolute Gasteiger partial charge is 0.416 e. The standard InChI is InChI=1S/C40H48N6O11.C3H8/c1-5-19-56-40(51)46-29-23-31(30(52-3)22-27(29)37(49)45-18-8-6-11-28(45)38(46)57-34-13-7-9-20-55-34)54-21-10-12-33(47)42-32-24-44(2)35(43-32)36(48)41-26-16-14-25(15-17-26)39(50)53-4;1-3-2/h5,14-17,22-24,28,34,38H,1,6-13,18-21H2,2-4H3,(H,41,48)(H,42,47);3H2,1-2H3. The van der Waals surface area contributed by atoms with Gasteiger partial charge in [-0.1, -0.05) is 32.9 Å². The number of rotatable bonds is 14. The van der Waals surface area contributed by atoms with Crippen LogP contribution in [-0.2, 0) is 30.8 Å². The summed E-state index contributed by atoms with van der Waals surface area (Å²) in [5, 5.41) is 5.42. The van der Waals surface area contributed by atoms with Crippen molar-refractivity contribution in [1.82, 2.24) is 14.5 Å². The van der Waals surface area contributed by atoms with Gasteiger partial charge in [0.15, 0.2) is 29.8 Å². The molecule has 3 aliphatic rings. The molecule has 60 heavy (non-hydrogen) atoms. The number of hydrogen-bond acceptors (Lipinski definition) is 12. The summed E-state index contributed by atoms with van der Waals surface area (Å²) in [7, 11) is 4.36. The molecule has 3 atom stereocenters. The SMILES string of the molecule is C=CCOC(=O)N1c2cc(OCCCC(=O)Nc3cn(C)c(C(=O)Nc4ccc(C(=O)OC)cc4)n3)c(OC)cc2C(=O)N2CCCCC2C1OC1CCCCO1.CCC. The van der Waals surface area contributed by atoms with Crippen LogP contribution in [0, 0.1) is 0 Å². The monoisotopic (exact) mass is 832 g/mol. The lowest BCUT2D eigenvalue weighted by Gasteiger charge is -2.42. The number of nitrogens with zero attached hydrogens (tertiary/aromatic N) is 4. The molecule has 0 spiro atoms. The first-order chi connectivity index (χ1) is 29.0. The summed E-state index contributed by atoms with van der Waals surface area (Å²) < 4.78 is 36.0. The van der Waals surface area contributed by atoms with Crippen molar-refractivity contribution in [3.63, 3.8) is 0 Å². The van der Waals surface area contributed by atoms with Gasteiger partial charge in [-0.3, -0.25) is 14.4 Å². The summed E-state index contributed by atoms with van der Waals surface area (Å²) in [6, 6.07) is 8.86. The lowest BCUT2D eigenvalue weighted by Crippen LogP contribution is -2.57. The quantitative estimate of drug-likeness (QED) is 0.0997. The highest BCUT2D eigenvalue weighted by molar-refractivity contribution is 6.06. The molecule has 324 valence electrons. The molecule has 17 nitrogen and oxygen atoms in total. The van der Waals surface area contributed by atoms with E-state index in [-0.39, 0.29) is 72.3 Å². The average molecular weight is 833 g/mol. The Morgan fingerprint density at radius 2 is 1.75 bits per heavy atom. The van der Waals surface area contributed by atoms with E-state index in [0.29, 0.717) is 37.2 Å². The molecule has 0 aliphatic carbocycles. The number of piperidine rings is 1. The molecule has 4 heterocycles. The molecular weight excluding hydrogens is 777 g/mol. The summed E-state index contributed by atoms with van der Waals surface area (Å²) in [5.41, 5.74) is 1.25. The Morgan fingerprint density at radius 3 is 2.43 bits per heavy atom. The van der Waals surface area contributed by atoms with Crippen molar-refractivity contribution >= 4 is 47.0 Å². The first-order valence-corrected chi connectivity index (χ1v) is 20.4. The predicted molar refractivity (Wildman–Crippen MR) is 222 cm³/mol. The van der Waals surface area contributed by atoms with Crippen molar-refractivity contribution in [2.45, 2.75) is 90.2 Å². The third kappa shape index (κ3) is 11.2.